The number of urea groups is 1. The van der Waals surface area contributed by atoms with Crippen LogP contribution in [-0.2, 0) is 31.8 Å². The molecule has 2 N–H and O–H groups in total. The molecule has 1 fully saturated rings. The molecule has 4 rings (SSSR count). The Balaban J connectivity index is 1.28. The molecule has 0 saturated heterocycles. The predicted octanol–water partition coefficient (Wildman–Crippen LogP) is 2.69. The molecule has 2 aromatic rings. The van der Waals surface area contributed by atoms with Crippen LogP contribution in [0.4, 0.5) is 4.79 Å². The average molecular weight is 338 g/mol. The number of hydrogen-bond donors (Lipinski definition) is 2. The Kier molecular flexibility index (Phi) is 4.02. The summed E-state index contributed by atoms with van der Waals surface area (Å²) in [6.45, 7) is 3.37. The number of aryl methyl sites for hydroxylation is 3. The van der Waals surface area contributed by atoms with E-state index >= 15 is 0 Å². The number of rotatable bonds is 5. The van der Waals surface area contributed by atoms with Crippen LogP contribution in [0.1, 0.15) is 42.1 Å². The van der Waals surface area contributed by atoms with E-state index in [2.05, 4.69) is 46.9 Å². The van der Waals surface area contributed by atoms with Gasteiger partial charge in [-0.15, -0.1) is 0 Å². The van der Waals surface area contributed by atoms with Crippen LogP contribution < -0.4 is 10.6 Å². The summed E-state index contributed by atoms with van der Waals surface area (Å²) >= 11 is 0. The van der Waals surface area contributed by atoms with Gasteiger partial charge in [0.25, 0.3) is 0 Å². The molecule has 1 spiro atoms. The quantitative estimate of drug-likeness (QED) is 0.880. The predicted molar refractivity (Wildman–Crippen MR) is 97.4 cm³/mol. The van der Waals surface area contributed by atoms with Crippen molar-refractivity contribution in [1.82, 2.24) is 20.4 Å². The van der Waals surface area contributed by atoms with Crippen molar-refractivity contribution >= 4 is 6.03 Å². The van der Waals surface area contributed by atoms with Gasteiger partial charge in [-0.1, -0.05) is 31.2 Å². The maximum atomic E-state index is 12.2. The van der Waals surface area contributed by atoms with Gasteiger partial charge in [0.15, 0.2) is 0 Å². The number of fused-ring (bicyclic) bond motifs is 2. The molecule has 1 aromatic carbocycles. The highest BCUT2D eigenvalue weighted by Gasteiger charge is 2.57. The lowest BCUT2D eigenvalue weighted by atomic mass is 9.95. The molecule has 1 heterocycles. The third-order valence-electron chi connectivity index (χ3n) is 5.90. The van der Waals surface area contributed by atoms with Gasteiger partial charge in [-0.3, -0.25) is 4.68 Å². The van der Waals surface area contributed by atoms with E-state index in [1.165, 1.54) is 30.4 Å². The highest BCUT2D eigenvalue weighted by atomic mass is 16.2. The van der Waals surface area contributed by atoms with Crippen molar-refractivity contribution in [1.29, 1.82) is 0 Å². The van der Waals surface area contributed by atoms with Crippen LogP contribution in [0.15, 0.2) is 30.5 Å². The summed E-state index contributed by atoms with van der Waals surface area (Å²) in [5.41, 5.74) is 5.49. The van der Waals surface area contributed by atoms with Gasteiger partial charge in [0.05, 0.1) is 5.69 Å². The van der Waals surface area contributed by atoms with Crippen molar-refractivity contribution in [3.63, 3.8) is 0 Å². The van der Waals surface area contributed by atoms with E-state index in [1.54, 1.807) is 4.68 Å². The van der Waals surface area contributed by atoms with Gasteiger partial charge < -0.3 is 10.6 Å². The van der Waals surface area contributed by atoms with Crippen LogP contribution >= 0.6 is 0 Å². The van der Waals surface area contributed by atoms with Gasteiger partial charge >= 0.3 is 6.03 Å². The standard InChI is InChI=1S/C20H26N4O/c1-3-18-15(13-24(2)23-18)11-21-19(25)22-12-16-10-20(16)9-8-14-6-4-5-7-17(14)20/h4-7,13,16H,3,8-12H2,1-2H3,(H2,21,22,25)/t16-,20+/m0/s1. The first-order valence-electron chi connectivity index (χ1n) is 9.24. The van der Waals surface area contributed by atoms with E-state index in [9.17, 15) is 4.79 Å². The zero-order valence-corrected chi connectivity index (χ0v) is 15.0. The molecule has 2 amide bonds. The van der Waals surface area contributed by atoms with Gasteiger partial charge in [-0.25, -0.2) is 4.79 Å². The third kappa shape index (κ3) is 2.92. The number of hydrogen-bond acceptors (Lipinski definition) is 2. The maximum absolute atomic E-state index is 12.2. The van der Waals surface area contributed by atoms with Crippen LogP contribution in [0, 0.1) is 5.92 Å². The summed E-state index contributed by atoms with van der Waals surface area (Å²) in [6, 6.07) is 8.71. The fourth-order valence-corrected chi connectivity index (χ4v) is 4.48. The zero-order chi connectivity index (χ0) is 17.4. The summed E-state index contributed by atoms with van der Waals surface area (Å²) < 4.78 is 1.80. The Hall–Kier alpha value is -2.30. The van der Waals surface area contributed by atoms with Crippen LogP contribution in [0.25, 0.3) is 0 Å². The largest absolute Gasteiger partial charge is 0.338 e. The minimum Gasteiger partial charge on any atom is -0.338 e. The summed E-state index contributed by atoms with van der Waals surface area (Å²) in [5.74, 6) is 0.575. The second kappa shape index (κ2) is 6.21. The van der Waals surface area contributed by atoms with Crippen molar-refractivity contribution in [3.8, 4) is 0 Å². The number of nitrogens with one attached hydrogen (secondary N) is 2. The molecule has 5 nitrogen and oxygen atoms in total. The highest BCUT2D eigenvalue weighted by Crippen LogP contribution is 2.61. The Labute approximate surface area is 148 Å². The third-order valence-corrected chi connectivity index (χ3v) is 5.90. The fourth-order valence-electron chi connectivity index (χ4n) is 4.48. The Morgan fingerprint density at radius 2 is 2.20 bits per heavy atom. The van der Waals surface area contributed by atoms with Gasteiger partial charge in [0.2, 0.25) is 0 Å². The van der Waals surface area contributed by atoms with E-state index in [0.29, 0.717) is 17.9 Å². The van der Waals surface area contributed by atoms with Gasteiger partial charge in [0.1, 0.15) is 0 Å². The Bertz CT molecular complexity index is 797. The molecule has 2 atom stereocenters. The molecule has 0 bridgehead atoms. The van der Waals surface area contributed by atoms with E-state index in [4.69, 9.17) is 0 Å². The molecule has 0 unspecified atom stereocenters. The first kappa shape index (κ1) is 16.2. The van der Waals surface area contributed by atoms with E-state index in [1.807, 2.05) is 13.2 Å². The molecule has 2 aliphatic rings. The van der Waals surface area contributed by atoms with Gasteiger partial charge in [-0.2, -0.15) is 5.10 Å². The number of aromatic nitrogens is 2. The maximum Gasteiger partial charge on any atom is 0.315 e. The Morgan fingerprint density at radius 3 is 3.04 bits per heavy atom. The fraction of sp³-hybridized carbons (Fsp3) is 0.500. The molecule has 132 valence electrons. The zero-order valence-electron chi connectivity index (χ0n) is 15.0. The SMILES string of the molecule is CCc1nn(C)cc1CNC(=O)NC[C@@H]1C[C@]12CCc1ccccc12. The Morgan fingerprint density at radius 1 is 1.36 bits per heavy atom. The topological polar surface area (TPSA) is 59.0 Å². The van der Waals surface area contributed by atoms with Crippen molar-refractivity contribution < 1.29 is 4.79 Å². The lowest BCUT2D eigenvalue weighted by molar-refractivity contribution is 0.239. The number of benzene rings is 1. The van der Waals surface area contributed by atoms with E-state index in [0.717, 1.165) is 24.2 Å². The minimum atomic E-state index is -0.0840. The summed E-state index contributed by atoms with van der Waals surface area (Å²) in [4.78, 5) is 12.2. The van der Waals surface area contributed by atoms with Crippen molar-refractivity contribution in [2.45, 2.75) is 44.6 Å². The van der Waals surface area contributed by atoms with Gasteiger partial charge in [-0.05, 0) is 42.7 Å². The molecule has 2 aliphatic carbocycles. The smallest absolute Gasteiger partial charge is 0.315 e. The van der Waals surface area contributed by atoms with Crippen molar-refractivity contribution in [2.24, 2.45) is 13.0 Å². The molecule has 1 saturated carbocycles. The van der Waals surface area contributed by atoms with E-state index < -0.39 is 0 Å². The molecule has 0 radical (unpaired) electrons. The first-order valence-corrected chi connectivity index (χ1v) is 9.24. The summed E-state index contributed by atoms with van der Waals surface area (Å²) in [7, 11) is 1.91. The van der Waals surface area contributed by atoms with Crippen LogP contribution in [0.3, 0.4) is 0 Å². The second-order valence-electron chi connectivity index (χ2n) is 7.41. The highest BCUT2D eigenvalue weighted by molar-refractivity contribution is 5.74. The average Bonchev–Trinajstić information content (AvgIpc) is 3.01. The number of amides is 2. The molecule has 0 aliphatic heterocycles. The van der Waals surface area contributed by atoms with Crippen LogP contribution in [-0.4, -0.2) is 22.4 Å². The molecule has 1 aromatic heterocycles. The normalized spacial score (nSPS) is 23.5. The van der Waals surface area contributed by atoms with Crippen molar-refractivity contribution in [2.75, 3.05) is 6.54 Å². The van der Waals surface area contributed by atoms with Gasteiger partial charge in [0, 0.05) is 37.3 Å². The molecular formula is C20H26N4O. The molecule has 25 heavy (non-hydrogen) atoms. The van der Waals surface area contributed by atoms with Crippen molar-refractivity contribution in [3.05, 3.63) is 52.8 Å². The molecular weight excluding hydrogens is 312 g/mol. The van der Waals surface area contributed by atoms with Crippen LogP contribution in [0.5, 0.6) is 0 Å². The van der Waals surface area contributed by atoms with Crippen LogP contribution in [0.2, 0.25) is 0 Å². The second-order valence-corrected chi connectivity index (χ2v) is 7.41. The lowest BCUT2D eigenvalue weighted by Crippen LogP contribution is -2.37. The summed E-state index contributed by atoms with van der Waals surface area (Å²) in [6.07, 6.45) is 6.47. The number of carbonyl (C=O) groups excluding carboxylic acids is 1. The number of carbonyl (C=O) groups is 1. The lowest BCUT2D eigenvalue weighted by Gasteiger charge is -2.12. The first-order chi connectivity index (χ1) is 12.1. The monoisotopic (exact) mass is 338 g/mol. The molecule has 5 heteroatoms. The minimum absolute atomic E-state index is 0.0840. The van der Waals surface area contributed by atoms with E-state index in [-0.39, 0.29) is 6.03 Å². The summed E-state index contributed by atoms with van der Waals surface area (Å²) in [5, 5.41) is 10.4. The number of nitrogens with zero attached hydrogens (tertiary/aromatic N) is 2.